The van der Waals surface area contributed by atoms with Crippen LogP contribution in [0.3, 0.4) is 0 Å². The van der Waals surface area contributed by atoms with Crippen molar-refractivity contribution in [2.45, 2.75) is 82.8 Å². The van der Waals surface area contributed by atoms with Crippen molar-refractivity contribution in [3.63, 3.8) is 0 Å². The average molecular weight is 430 g/mol. The van der Waals surface area contributed by atoms with Crippen molar-refractivity contribution < 1.29 is 61.6 Å². The Bertz CT molecular complexity index is 534. The minimum atomic E-state index is -4.75. The maximum absolute atomic E-state index is 11.7. The number of hydrogen-bond acceptors (Lipinski definition) is 6. The number of carbonyl (C=O) groups excluding carboxylic acids is 2. The number of esters is 2. The first-order valence-electron chi connectivity index (χ1n) is 9.72. The first kappa shape index (κ1) is 29.8. The summed E-state index contributed by atoms with van der Waals surface area (Å²) in [5.41, 5.74) is 0. The van der Waals surface area contributed by atoms with Crippen molar-refractivity contribution >= 4 is 22.1 Å². The third-order valence-corrected chi connectivity index (χ3v) is 5.16. The van der Waals surface area contributed by atoms with Crippen molar-refractivity contribution in [1.82, 2.24) is 0 Å². The Balaban J connectivity index is 0. The number of unbranched alkanes of at least 4 members (excludes halogenated alkanes) is 9. The molecule has 1 atom stereocenters. The molecule has 7 nitrogen and oxygen atoms in total. The van der Waals surface area contributed by atoms with Crippen LogP contribution in [0.2, 0.25) is 0 Å². The van der Waals surface area contributed by atoms with E-state index in [4.69, 9.17) is 9.29 Å². The van der Waals surface area contributed by atoms with E-state index in [0.717, 1.165) is 19.3 Å². The third-order valence-electron chi connectivity index (χ3n) is 4.08. The topological polar surface area (TPSA) is 107 Å². The molecule has 1 N–H and O–H groups in total. The predicted molar refractivity (Wildman–Crippen MR) is 104 cm³/mol. The van der Waals surface area contributed by atoms with Gasteiger partial charge in [0.2, 0.25) is 0 Å². The van der Waals surface area contributed by atoms with E-state index in [1.54, 1.807) is 0 Å². The summed E-state index contributed by atoms with van der Waals surface area (Å²) in [5.74, 6) is -2.06. The maximum Gasteiger partial charge on any atom is 1.00 e. The summed E-state index contributed by atoms with van der Waals surface area (Å²) >= 11 is 0. The molecule has 0 radical (unpaired) electrons. The molecular weight excluding hydrogens is 395 g/mol. The number of hydrogen-bond donors (Lipinski definition) is 1. The van der Waals surface area contributed by atoms with Crippen LogP contribution >= 0.6 is 0 Å². The first-order valence-corrected chi connectivity index (χ1v) is 11.2. The number of rotatable bonds is 17. The van der Waals surface area contributed by atoms with E-state index in [0.29, 0.717) is 6.42 Å². The van der Waals surface area contributed by atoms with Gasteiger partial charge in [-0.2, -0.15) is 8.42 Å². The quantitative estimate of drug-likeness (QED) is 0.120. The van der Waals surface area contributed by atoms with E-state index in [9.17, 15) is 18.0 Å². The number of carbonyl (C=O) groups is 2. The van der Waals surface area contributed by atoms with E-state index in [1.807, 2.05) is 0 Å². The van der Waals surface area contributed by atoms with Crippen molar-refractivity contribution in [3.05, 3.63) is 12.7 Å². The minimum Gasteiger partial charge on any atom is -0.466 e. The standard InChI is InChI=1S/C19H34O7S.Na/c1-3-5-6-7-8-9-10-11-12-13-15-25-18(20)16-17(27(22,23)24)19(21)26-14-4-2;/h4,17H,2-3,5-16H2,1H3,(H,22,23,24);/q;+1. The van der Waals surface area contributed by atoms with Crippen molar-refractivity contribution in [2.75, 3.05) is 13.2 Å². The molecule has 0 saturated carbocycles. The fourth-order valence-corrected chi connectivity index (χ4v) is 3.19. The average Bonchev–Trinajstić information content (AvgIpc) is 2.61. The maximum atomic E-state index is 11.7. The monoisotopic (exact) mass is 429 g/mol. The molecule has 0 saturated heterocycles. The number of ether oxygens (including phenoxy) is 2. The summed E-state index contributed by atoms with van der Waals surface area (Å²) in [5, 5.41) is -1.97. The summed E-state index contributed by atoms with van der Waals surface area (Å²) in [4.78, 5) is 23.3. The largest absolute Gasteiger partial charge is 1.00 e. The smallest absolute Gasteiger partial charge is 0.466 e. The molecule has 0 amide bonds. The fourth-order valence-electron chi connectivity index (χ4n) is 2.53. The molecule has 0 aliphatic carbocycles. The molecular formula is C19H34NaO7S+. The molecule has 0 spiro atoms. The van der Waals surface area contributed by atoms with Gasteiger partial charge < -0.3 is 9.47 Å². The molecule has 9 heteroatoms. The van der Waals surface area contributed by atoms with Gasteiger partial charge in [0.25, 0.3) is 10.1 Å². The van der Waals surface area contributed by atoms with Gasteiger partial charge in [-0.3, -0.25) is 14.1 Å². The first-order chi connectivity index (χ1) is 12.8. The van der Waals surface area contributed by atoms with E-state index in [-0.39, 0.29) is 42.8 Å². The summed E-state index contributed by atoms with van der Waals surface area (Å²) in [7, 11) is -4.75. The molecule has 0 heterocycles. The zero-order valence-electron chi connectivity index (χ0n) is 17.4. The fraction of sp³-hybridized carbons (Fsp3) is 0.789. The second-order valence-electron chi connectivity index (χ2n) is 6.53. The predicted octanol–water partition coefficient (Wildman–Crippen LogP) is 0.830. The van der Waals surface area contributed by atoms with Crippen molar-refractivity contribution in [1.29, 1.82) is 0 Å². The van der Waals surface area contributed by atoms with E-state index >= 15 is 0 Å². The van der Waals surface area contributed by atoms with Crippen LogP contribution in [0, 0.1) is 0 Å². The molecule has 0 aliphatic rings. The molecule has 158 valence electrons. The van der Waals surface area contributed by atoms with Crippen LogP contribution in [0.25, 0.3) is 0 Å². The van der Waals surface area contributed by atoms with Crippen LogP contribution in [0.5, 0.6) is 0 Å². The van der Waals surface area contributed by atoms with Crippen LogP contribution in [0.1, 0.15) is 77.6 Å². The van der Waals surface area contributed by atoms with Gasteiger partial charge in [0.1, 0.15) is 6.61 Å². The Kier molecular flexibility index (Phi) is 19.8. The summed E-state index contributed by atoms with van der Waals surface area (Å²) in [6.07, 6.45) is 11.9. The Hall–Kier alpha value is -0.410. The van der Waals surface area contributed by atoms with E-state index < -0.39 is 33.7 Å². The summed E-state index contributed by atoms with van der Waals surface area (Å²) < 4.78 is 41.1. The molecule has 0 bridgehead atoms. The molecule has 0 aromatic carbocycles. The molecule has 28 heavy (non-hydrogen) atoms. The van der Waals surface area contributed by atoms with Gasteiger partial charge in [-0.25, -0.2) is 0 Å². The second kappa shape index (κ2) is 18.6. The summed E-state index contributed by atoms with van der Waals surface area (Å²) in [6, 6.07) is 0. The Morgan fingerprint density at radius 2 is 1.46 bits per heavy atom. The Labute approximate surface area is 191 Å². The van der Waals surface area contributed by atoms with Gasteiger partial charge in [0, 0.05) is 0 Å². The summed E-state index contributed by atoms with van der Waals surface area (Å²) in [6.45, 7) is 5.48. The van der Waals surface area contributed by atoms with Crippen LogP contribution in [0.15, 0.2) is 12.7 Å². The van der Waals surface area contributed by atoms with Crippen LogP contribution in [0.4, 0.5) is 0 Å². The molecule has 0 rings (SSSR count). The van der Waals surface area contributed by atoms with Crippen molar-refractivity contribution in [2.24, 2.45) is 0 Å². The Morgan fingerprint density at radius 3 is 1.93 bits per heavy atom. The van der Waals surface area contributed by atoms with Gasteiger partial charge in [-0.15, -0.1) is 0 Å². The SMILES string of the molecule is C=CCOC(=O)C(CC(=O)OCCCCCCCCCCCC)S(=O)(=O)O.[Na+]. The van der Waals surface area contributed by atoms with E-state index in [1.165, 1.54) is 44.6 Å². The zero-order chi connectivity index (χ0) is 20.5. The normalized spacial score (nSPS) is 11.9. The van der Waals surface area contributed by atoms with Crippen molar-refractivity contribution in [3.8, 4) is 0 Å². The molecule has 0 fully saturated rings. The van der Waals surface area contributed by atoms with Gasteiger partial charge in [-0.1, -0.05) is 77.4 Å². The van der Waals surface area contributed by atoms with Crippen LogP contribution < -0.4 is 29.6 Å². The molecule has 0 aromatic rings. The van der Waals surface area contributed by atoms with Gasteiger partial charge in [-0.05, 0) is 6.42 Å². The molecule has 0 aliphatic heterocycles. The Morgan fingerprint density at radius 1 is 0.964 bits per heavy atom. The molecule has 0 aromatic heterocycles. The zero-order valence-corrected chi connectivity index (χ0v) is 20.2. The van der Waals surface area contributed by atoms with Crippen LogP contribution in [-0.4, -0.2) is 43.4 Å². The van der Waals surface area contributed by atoms with Gasteiger partial charge >= 0.3 is 41.5 Å². The van der Waals surface area contributed by atoms with Gasteiger partial charge in [0.05, 0.1) is 13.0 Å². The van der Waals surface area contributed by atoms with E-state index in [2.05, 4.69) is 18.2 Å². The molecule has 1 unspecified atom stereocenters. The third kappa shape index (κ3) is 16.5. The second-order valence-corrected chi connectivity index (χ2v) is 8.13. The minimum absolute atomic E-state index is 0. The van der Waals surface area contributed by atoms with Gasteiger partial charge in [0.15, 0.2) is 5.25 Å². The van der Waals surface area contributed by atoms with Crippen LogP contribution in [-0.2, 0) is 29.2 Å².